The van der Waals surface area contributed by atoms with E-state index in [1.54, 1.807) is 0 Å². The monoisotopic (exact) mass is 319 g/mol. The average Bonchev–Trinajstić information content (AvgIpc) is 3.04. The van der Waals surface area contributed by atoms with Crippen LogP contribution in [0.15, 0.2) is 54.6 Å². The molecule has 0 bridgehead atoms. The van der Waals surface area contributed by atoms with Crippen molar-refractivity contribution in [2.75, 3.05) is 13.1 Å². The maximum atomic E-state index is 13.1. The Labute approximate surface area is 132 Å². The van der Waals surface area contributed by atoms with E-state index >= 15 is 0 Å². The summed E-state index contributed by atoms with van der Waals surface area (Å²) in [7, 11) is 0. The van der Waals surface area contributed by atoms with Gasteiger partial charge < -0.3 is 4.90 Å². The number of rotatable bonds is 2. The first kappa shape index (κ1) is 15.6. The van der Waals surface area contributed by atoms with Gasteiger partial charge in [0.05, 0.1) is 11.1 Å². The largest absolute Gasteiger partial charge is 0.417 e. The van der Waals surface area contributed by atoms with Gasteiger partial charge in [-0.3, -0.25) is 4.79 Å². The lowest BCUT2D eigenvalue weighted by Gasteiger charge is -2.19. The second kappa shape index (κ2) is 6.07. The van der Waals surface area contributed by atoms with Crippen molar-refractivity contribution in [1.29, 1.82) is 0 Å². The van der Waals surface area contributed by atoms with Crippen LogP contribution in [0.2, 0.25) is 0 Å². The van der Waals surface area contributed by atoms with Gasteiger partial charge in [-0.05, 0) is 24.1 Å². The van der Waals surface area contributed by atoms with E-state index < -0.39 is 17.6 Å². The van der Waals surface area contributed by atoms with Gasteiger partial charge in [0, 0.05) is 19.0 Å². The maximum absolute atomic E-state index is 13.1. The molecule has 1 aliphatic heterocycles. The van der Waals surface area contributed by atoms with Gasteiger partial charge in [0.15, 0.2) is 0 Å². The van der Waals surface area contributed by atoms with Crippen molar-refractivity contribution >= 4 is 5.91 Å². The standard InChI is InChI=1S/C18H16F3NO/c19-18(20,21)16-9-5-4-8-15(16)17(23)22-11-10-14(12-22)13-6-2-1-3-7-13/h1-9,14H,10-12H2/t14-/m1/s1. The zero-order valence-electron chi connectivity index (χ0n) is 12.4. The lowest BCUT2D eigenvalue weighted by atomic mass is 9.99. The second-order valence-electron chi connectivity index (χ2n) is 5.69. The van der Waals surface area contributed by atoms with E-state index in [-0.39, 0.29) is 11.5 Å². The zero-order valence-corrected chi connectivity index (χ0v) is 12.4. The van der Waals surface area contributed by atoms with Gasteiger partial charge >= 0.3 is 6.18 Å². The van der Waals surface area contributed by atoms with E-state index in [1.807, 2.05) is 30.3 Å². The second-order valence-corrected chi connectivity index (χ2v) is 5.69. The normalized spacial score (nSPS) is 18.2. The van der Waals surface area contributed by atoms with E-state index in [1.165, 1.54) is 23.1 Å². The summed E-state index contributed by atoms with van der Waals surface area (Å²) in [5.74, 6) is -0.366. The molecule has 0 unspecified atom stereocenters. The van der Waals surface area contributed by atoms with Gasteiger partial charge in [0.2, 0.25) is 0 Å². The van der Waals surface area contributed by atoms with Crippen molar-refractivity contribution in [3.8, 4) is 0 Å². The van der Waals surface area contributed by atoms with E-state index in [0.717, 1.165) is 18.1 Å². The third-order valence-electron chi connectivity index (χ3n) is 4.21. The molecule has 0 N–H and O–H groups in total. The van der Waals surface area contributed by atoms with Gasteiger partial charge in [0.1, 0.15) is 0 Å². The molecule has 0 aliphatic carbocycles. The number of hydrogen-bond donors (Lipinski definition) is 0. The number of benzene rings is 2. The van der Waals surface area contributed by atoms with Crippen LogP contribution >= 0.6 is 0 Å². The highest BCUT2D eigenvalue weighted by atomic mass is 19.4. The van der Waals surface area contributed by atoms with Crippen LogP contribution < -0.4 is 0 Å². The van der Waals surface area contributed by atoms with E-state index in [2.05, 4.69) is 0 Å². The van der Waals surface area contributed by atoms with E-state index in [9.17, 15) is 18.0 Å². The summed E-state index contributed by atoms with van der Waals surface area (Å²) in [6, 6.07) is 14.7. The predicted molar refractivity (Wildman–Crippen MR) is 81.1 cm³/mol. The molecule has 1 amide bonds. The molecule has 0 aromatic heterocycles. The maximum Gasteiger partial charge on any atom is 0.417 e. The van der Waals surface area contributed by atoms with Gasteiger partial charge in [-0.25, -0.2) is 0 Å². The Morgan fingerprint density at radius 1 is 1.00 bits per heavy atom. The minimum atomic E-state index is -4.52. The third kappa shape index (κ3) is 3.23. The fraction of sp³-hybridized carbons (Fsp3) is 0.278. The fourth-order valence-electron chi connectivity index (χ4n) is 3.03. The summed E-state index contributed by atoms with van der Waals surface area (Å²) in [4.78, 5) is 14.0. The number of carbonyl (C=O) groups excluding carboxylic acids is 1. The van der Waals surface area contributed by atoms with Crippen LogP contribution in [0.3, 0.4) is 0 Å². The number of likely N-dealkylation sites (tertiary alicyclic amines) is 1. The molecule has 0 radical (unpaired) electrons. The van der Waals surface area contributed by atoms with Crippen LogP contribution in [0.4, 0.5) is 13.2 Å². The molecule has 2 nitrogen and oxygen atoms in total. The number of carbonyl (C=O) groups is 1. The van der Waals surface area contributed by atoms with Crippen molar-refractivity contribution in [3.63, 3.8) is 0 Å². The molecule has 0 spiro atoms. The zero-order chi connectivity index (χ0) is 16.4. The smallest absolute Gasteiger partial charge is 0.338 e. The first-order chi connectivity index (χ1) is 11.0. The molecule has 3 rings (SSSR count). The Bertz CT molecular complexity index is 697. The molecule has 1 heterocycles. The highest BCUT2D eigenvalue weighted by molar-refractivity contribution is 5.96. The Morgan fingerprint density at radius 3 is 2.35 bits per heavy atom. The lowest BCUT2D eigenvalue weighted by molar-refractivity contribution is -0.138. The van der Waals surface area contributed by atoms with Crippen molar-refractivity contribution in [2.45, 2.75) is 18.5 Å². The van der Waals surface area contributed by atoms with Crippen molar-refractivity contribution in [3.05, 3.63) is 71.3 Å². The van der Waals surface area contributed by atoms with Gasteiger partial charge in [-0.15, -0.1) is 0 Å². The number of hydrogen-bond acceptors (Lipinski definition) is 1. The van der Waals surface area contributed by atoms with E-state index in [0.29, 0.717) is 13.1 Å². The van der Waals surface area contributed by atoms with Crippen molar-refractivity contribution in [1.82, 2.24) is 4.90 Å². The summed E-state index contributed by atoms with van der Waals surface area (Å²) in [5.41, 5.74) is -0.0196. The Morgan fingerprint density at radius 2 is 1.65 bits per heavy atom. The molecule has 1 fully saturated rings. The molecule has 1 aliphatic rings. The van der Waals surface area contributed by atoms with Crippen LogP contribution in [0.5, 0.6) is 0 Å². The molecule has 2 aromatic carbocycles. The number of halogens is 3. The summed E-state index contributed by atoms with van der Waals surface area (Å²) in [6.07, 6.45) is -3.76. The van der Waals surface area contributed by atoms with Crippen LogP contribution in [0.1, 0.15) is 33.8 Å². The molecule has 1 atom stereocenters. The van der Waals surface area contributed by atoms with Gasteiger partial charge in [-0.1, -0.05) is 42.5 Å². The fourth-order valence-corrected chi connectivity index (χ4v) is 3.03. The highest BCUT2D eigenvalue weighted by Crippen LogP contribution is 2.34. The van der Waals surface area contributed by atoms with Gasteiger partial charge in [-0.2, -0.15) is 13.2 Å². The number of alkyl halides is 3. The van der Waals surface area contributed by atoms with Crippen LogP contribution in [0, 0.1) is 0 Å². The molecule has 23 heavy (non-hydrogen) atoms. The van der Waals surface area contributed by atoms with Crippen LogP contribution in [-0.4, -0.2) is 23.9 Å². The quantitative estimate of drug-likeness (QED) is 0.806. The lowest BCUT2D eigenvalue weighted by Crippen LogP contribution is -2.30. The van der Waals surface area contributed by atoms with Crippen LogP contribution in [0.25, 0.3) is 0 Å². The summed E-state index contributed by atoms with van der Waals surface area (Å²) >= 11 is 0. The molecule has 0 saturated carbocycles. The third-order valence-corrected chi connectivity index (χ3v) is 4.21. The van der Waals surface area contributed by atoms with Crippen molar-refractivity contribution in [2.24, 2.45) is 0 Å². The number of amides is 1. The molecule has 120 valence electrons. The topological polar surface area (TPSA) is 20.3 Å². The van der Waals surface area contributed by atoms with E-state index in [4.69, 9.17) is 0 Å². The minimum absolute atomic E-state index is 0.179. The summed E-state index contributed by atoms with van der Waals surface area (Å²) < 4.78 is 39.2. The molecule has 5 heteroatoms. The minimum Gasteiger partial charge on any atom is -0.338 e. The average molecular weight is 319 g/mol. The van der Waals surface area contributed by atoms with Crippen LogP contribution in [-0.2, 0) is 6.18 Å². The Kier molecular flexibility index (Phi) is 4.11. The summed E-state index contributed by atoms with van der Waals surface area (Å²) in [6.45, 7) is 0.930. The Hall–Kier alpha value is -2.30. The highest BCUT2D eigenvalue weighted by Gasteiger charge is 2.37. The first-order valence-electron chi connectivity index (χ1n) is 7.47. The molecule has 1 saturated heterocycles. The molecule has 2 aromatic rings. The summed E-state index contributed by atoms with van der Waals surface area (Å²) in [5, 5.41) is 0. The molecular formula is C18H16F3NO. The Balaban J connectivity index is 1.81. The first-order valence-corrected chi connectivity index (χ1v) is 7.47. The predicted octanol–water partition coefficient (Wildman–Crippen LogP) is 4.34. The number of nitrogens with zero attached hydrogens (tertiary/aromatic N) is 1. The molecular weight excluding hydrogens is 303 g/mol. The SMILES string of the molecule is O=C(c1ccccc1C(F)(F)F)N1CC[C@@H](c2ccccc2)C1. The van der Waals surface area contributed by atoms with Crippen molar-refractivity contribution < 1.29 is 18.0 Å². The van der Waals surface area contributed by atoms with Gasteiger partial charge in [0.25, 0.3) is 5.91 Å².